The first-order chi connectivity index (χ1) is 8.35. The molecule has 4 heteroatoms. The third kappa shape index (κ3) is 3.33. The number of anilines is 1. The summed E-state index contributed by atoms with van der Waals surface area (Å²) < 4.78 is 1.10. The molecule has 0 saturated heterocycles. The fourth-order valence-corrected chi connectivity index (χ4v) is 3.08. The van der Waals surface area contributed by atoms with Gasteiger partial charge in [-0.25, -0.2) is 4.98 Å². The molecular weight excluding hydrogens is 308 g/mol. The number of benzene rings is 1. The van der Waals surface area contributed by atoms with Crippen molar-refractivity contribution in [2.45, 2.75) is 33.2 Å². The third-order valence-corrected chi connectivity index (χ3v) is 4.04. The first kappa shape index (κ1) is 13.6. The van der Waals surface area contributed by atoms with Crippen LogP contribution in [-0.4, -0.2) is 10.5 Å². The topological polar surface area (TPSA) is 24.9 Å². The lowest BCUT2D eigenvalue weighted by molar-refractivity contribution is 0.633. The Hall–Kier alpha value is -0.870. The zero-order valence-electron chi connectivity index (χ0n) is 11.0. The van der Waals surface area contributed by atoms with Crippen molar-refractivity contribution in [2.24, 2.45) is 0 Å². The van der Waals surface area contributed by atoms with E-state index < -0.39 is 0 Å². The molecule has 0 spiro atoms. The quantitative estimate of drug-likeness (QED) is 0.832. The normalized spacial score (nSPS) is 11.6. The zero-order chi connectivity index (χ0) is 13.3. The first-order valence-corrected chi connectivity index (χ1v) is 7.48. The Morgan fingerprint density at radius 1 is 1.17 bits per heavy atom. The van der Waals surface area contributed by atoms with Crippen molar-refractivity contribution in [3.05, 3.63) is 34.4 Å². The van der Waals surface area contributed by atoms with Crippen molar-refractivity contribution < 1.29 is 0 Å². The second-order valence-corrected chi connectivity index (χ2v) is 7.23. The van der Waals surface area contributed by atoms with Gasteiger partial charge < -0.3 is 5.32 Å². The van der Waals surface area contributed by atoms with Crippen LogP contribution in [-0.2, 0) is 0 Å². The van der Waals surface area contributed by atoms with Gasteiger partial charge in [-0.15, -0.1) is 0 Å². The van der Waals surface area contributed by atoms with E-state index in [1.54, 1.807) is 11.3 Å². The molecule has 18 heavy (non-hydrogen) atoms. The van der Waals surface area contributed by atoms with Gasteiger partial charge in [0.05, 0.1) is 10.6 Å². The molecule has 1 heterocycles. The van der Waals surface area contributed by atoms with Gasteiger partial charge in [-0.2, -0.15) is 0 Å². The lowest BCUT2D eigenvalue weighted by Gasteiger charge is -2.19. The highest BCUT2D eigenvalue weighted by Crippen LogP contribution is 2.34. The highest BCUT2D eigenvalue weighted by atomic mass is 79.9. The molecule has 0 amide bonds. The van der Waals surface area contributed by atoms with Crippen molar-refractivity contribution in [2.75, 3.05) is 5.32 Å². The standard InChI is InChI=1S/C14H17BrN2S/c1-9-12(10-5-7-11(15)8-6-10)18-13(16-9)17-14(2,3)4/h5-8H,1-4H3,(H,16,17). The van der Waals surface area contributed by atoms with Crippen molar-refractivity contribution >= 4 is 32.4 Å². The summed E-state index contributed by atoms with van der Waals surface area (Å²) in [5.74, 6) is 0. The van der Waals surface area contributed by atoms with Crippen LogP contribution in [0.5, 0.6) is 0 Å². The van der Waals surface area contributed by atoms with Gasteiger partial charge in [0.2, 0.25) is 0 Å². The van der Waals surface area contributed by atoms with E-state index in [1.165, 1.54) is 10.4 Å². The summed E-state index contributed by atoms with van der Waals surface area (Å²) >= 11 is 5.16. The molecule has 2 nitrogen and oxygen atoms in total. The Labute approximate surface area is 121 Å². The number of nitrogens with one attached hydrogen (secondary N) is 1. The van der Waals surface area contributed by atoms with Crippen LogP contribution in [0.25, 0.3) is 10.4 Å². The minimum absolute atomic E-state index is 0.0429. The highest BCUT2D eigenvalue weighted by Gasteiger charge is 2.15. The van der Waals surface area contributed by atoms with Crippen LogP contribution >= 0.6 is 27.3 Å². The highest BCUT2D eigenvalue weighted by molar-refractivity contribution is 9.10. The van der Waals surface area contributed by atoms with Crippen LogP contribution in [0.2, 0.25) is 0 Å². The molecule has 2 rings (SSSR count). The van der Waals surface area contributed by atoms with E-state index in [-0.39, 0.29) is 5.54 Å². The smallest absolute Gasteiger partial charge is 0.183 e. The summed E-state index contributed by atoms with van der Waals surface area (Å²) in [7, 11) is 0. The summed E-state index contributed by atoms with van der Waals surface area (Å²) in [4.78, 5) is 5.82. The Bertz CT molecular complexity index is 538. The zero-order valence-corrected chi connectivity index (χ0v) is 13.4. The Morgan fingerprint density at radius 3 is 2.33 bits per heavy atom. The van der Waals surface area contributed by atoms with Crippen LogP contribution in [0, 0.1) is 6.92 Å². The molecule has 1 aromatic heterocycles. The van der Waals surface area contributed by atoms with Crippen LogP contribution < -0.4 is 5.32 Å². The SMILES string of the molecule is Cc1nc(NC(C)(C)C)sc1-c1ccc(Br)cc1. The third-order valence-electron chi connectivity index (χ3n) is 2.38. The lowest BCUT2D eigenvalue weighted by Crippen LogP contribution is -2.25. The van der Waals surface area contributed by atoms with E-state index in [4.69, 9.17) is 0 Å². The van der Waals surface area contributed by atoms with Gasteiger partial charge in [0.1, 0.15) is 0 Å². The summed E-state index contributed by atoms with van der Waals surface area (Å²) in [5, 5.41) is 4.41. The molecular formula is C14H17BrN2S. The van der Waals surface area contributed by atoms with Crippen LogP contribution in [0.1, 0.15) is 26.5 Å². The fourth-order valence-electron chi connectivity index (χ4n) is 1.64. The minimum atomic E-state index is 0.0429. The summed E-state index contributed by atoms with van der Waals surface area (Å²) in [6, 6.07) is 8.35. The van der Waals surface area contributed by atoms with Gasteiger partial charge in [0, 0.05) is 10.0 Å². The number of rotatable bonds is 2. The largest absolute Gasteiger partial charge is 0.357 e. The van der Waals surface area contributed by atoms with Crippen molar-refractivity contribution in [3.63, 3.8) is 0 Å². The molecule has 0 aliphatic heterocycles. The average molecular weight is 325 g/mol. The van der Waals surface area contributed by atoms with Gasteiger partial charge in [0.15, 0.2) is 5.13 Å². The maximum absolute atomic E-state index is 4.59. The predicted octanol–water partition coefficient (Wildman–Crippen LogP) is 5.09. The van der Waals surface area contributed by atoms with Crippen molar-refractivity contribution in [1.29, 1.82) is 0 Å². The second kappa shape index (κ2) is 5.02. The summed E-state index contributed by atoms with van der Waals surface area (Å²) in [5.41, 5.74) is 2.34. The van der Waals surface area contributed by atoms with E-state index in [9.17, 15) is 0 Å². The van der Waals surface area contributed by atoms with E-state index in [1.807, 2.05) is 0 Å². The van der Waals surface area contributed by atoms with E-state index >= 15 is 0 Å². The predicted molar refractivity (Wildman–Crippen MR) is 83.4 cm³/mol. The number of aromatic nitrogens is 1. The molecule has 96 valence electrons. The van der Waals surface area contributed by atoms with E-state index in [0.717, 1.165) is 15.3 Å². The Balaban J connectivity index is 2.32. The van der Waals surface area contributed by atoms with Crippen LogP contribution in [0.15, 0.2) is 28.7 Å². The molecule has 0 atom stereocenters. The number of thiazole rings is 1. The molecule has 0 aliphatic rings. The van der Waals surface area contributed by atoms with Crippen molar-refractivity contribution in [3.8, 4) is 10.4 Å². The Morgan fingerprint density at radius 2 is 1.78 bits per heavy atom. The fraction of sp³-hybridized carbons (Fsp3) is 0.357. The molecule has 0 aliphatic carbocycles. The molecule has 0 radical (unpaired) electrons. The molecule has 0 unspecified atom stereocenters. The van der Waals surface area contributed by atoms with Gasteiger partial charge in [-0.1, -0.05) is 39.4 Å². The second-order valence-electron chi connectivity index (χ2n) is 5.32. The van der Waals surface area contributed by atoms with Gasteiger partial charge in [-0.05, 0) is 45.4 Å². The molecule has 1 N–H and O–H groups in total. The van der Waals surface area contributed by atoms with Gasteiger partial charge in [0.25, 0.3) is 0 Å². The average Bonchev–Trinajstić information content (AvgIpc) is 2.58. The number of aryl methyl sites for hydroxylation is 1. The van der Waals surface area contributed by atoms with Crippen molar-refractivity contribution in [1.82, 2.24) is 4.98 Å². The van der Waals surface area contributed by atoms with Crippen LogP contribution in [0.4, 0.5) is 5.13 Å². The molecule has 0 fully saturated rings. The number of halogens is 1. The van der Waals surface area contributed by atoms with E-state index in [2.05, 4.69) is 78.2 Å². The number of hydrogen-bond acceptors (Lipinski definition) is 3. The number of hydrogen-bond donors (Lipinski definition) is 1. The monoisotopic (exact) mass is 324 g/mol. The van der Waals surface area contributed by atoms with Gasteiger partial charge >= 0.3 is 0 Å². The summed E-state index contributed by atoms with van der Waals surface area (Å²) in [6.07, 6.45) is 0. The van der Waals surface area contributed by atoms with E-state index in [0.29, 0.717) is 0 Å². The molecule has 1 aromatic carbocycles. The van der Waals surface area contributed by atoms with Gasteiger partial charge in [-0.3, -0.25) is 0 Å². The number of nitrogens with zero attached hydrogens (tertiary/aromatic N) is 1. The minimum Gasteiger partial charge on any atom is -0.357 e. The maximum atomic E-state index is 4.59. The lowest BCUT2D eigenvalue weighted by atomic mass is 10.1. The molecule has 2 aromatic rings. The Kier molecular flexibility index (Phi) is 3.78. The maximum Gasteiger partial charge on any atom is 0.183 e. The van der Waals surface area contributed by atoms with Crippen LogP contribution in [0.3, 0.4) is 0 Å². The molecule has 0 saturated carbocycles. The molecule has 0 bridgehead atoms. The summed E-state index contributed by atoms with van der Waals surface area (Å²) in [6.45, 7) is 8.48. The first-order valence-electron chi connectivity index (χ1n) is 5.87.